The second-order valence-electron chi connectivity index (χ2n) is 5.96. The molecule has 0 saturated carbocycles. The summed E-state index contributed by atoms with van der Waals surface area (Å²) in [6, 6.07) is 18.0. The molecule has 2 aromatic carbocycles. The second-order valence-corrected chi connectivity index (χ2v) is 6.91. The summed E-state index contributed by atoms with van der Waals surface area (Å²) in [5.41, 5.74) is 5.92. The van der Waals surface area contributed by atoms with Crippen LogP contribution in [-0.4, -0.2) is 17.5 Å². The molecular weight excluding hydrogens is 358 g/mol. The van der Waals surface area contributed by atoms with E-state index >= 15 is 0 Å². The molecule has 0 aliphatic heterocycles. The first kappa shape index (κ1) is 18.5. The summed E-state index contributed by atoms with van der Waals surface area (Å²) >= 11 is 1.56. The number of nitrogens with zero attached hydrogens (tertiary/aromatic N) is 1. The minimum Gasteiger partial charge on any atom is -0.322 e. The van der Waals surface area contributed by atoms with Gasteiger partial charge in [0.25, 0.3) is 11.8 Å². The van der Waals surface area contributed by atoms with Crippen molar-refractivity contribution in [1.29, 1.82) is 0 Å². The molecular formula is C21H19N3O2S. The Morgan fingerprint density at radius 1 is 0.926 bits per heavy atom. The van der Waals surface area contributed by atoms with Crippen LogP contribution in [0.25, 0.3) is 0 Å². The van der Waals surface area contributed by atoms with Crippen molar-refractivity contribution in [3.8, 4) is 0 Å². The number of benzene rings is 2. The third-order valence-corrected chi connectivity index (χ3v) is 4.98. The van der Waals surface area contributed by atoms with E-state index in [1.165, 1.54) is 0 Å². The van der Waals surface area contributed by atoms with Crippen LogP contribution in [0, 0.1) is 6.92 Å². The van der Waals surface area contributed by atoms with Crippen molar-refractivity contribution in [2.24, 2.45) is 5.10 Å². The van der Waals surface area contributed by atoms with Crippen molar-refractivity contribution >= 4 is 34.6 Å². The van der Waals surface area contributed by atoms with Crippen molar-refractivity contribution in [1.82, 2.24) is 5.43 Å². The number of nitrogens with one attached hydrogen (secondary N) is 2. The van der Waals surface area contributed by atoms with E-state index < -0.39 is 0 Å². The molecule has 0 unspecified atom stereocenters. The lowest BCUT2D eigenvalue weighted by Gasteiger charge is -2.08. The Morgan fingerprint density at radius 3 is 2.33 bits per heavy atom. The molecule has 3 aromatic rings. The van der Waals surface area contributed by atoms with Gasteiger partial charge in [0.1, 0.15) is 0 Å². The zero-order valence-electron chi connectivity index (χ0n) is 15.0. The Balaban J connectivity index is 1.63. The van der Waals surface area contributed by atoms with Gasteiger partial charge in [-0.25, -0.2) is 5.43 Å². The van der Waals surface area contributed by atoms with E-state index in [1.54, 1.807) is 41.7 Å². The number of hydrogen-bond acceptors (Lipinski definition) is 4. The number of carbonyl (C=O) groups excluding carboxylic acids is 2. The monoisotopic (exact) mass is 377 g/mol. The van der Waals surface area contributed by atoms with Crippen molar-refractivity contribution in [3.63, 3.8) is 0 Å². The van der Waals surface area contributed by atoms with Crippen LogP contribution in [0.15, 0.2) is 71.1 Å². The smallest absolute Gasteiger partial charge is 0.271 e. The number of amides is 2. The summed E-state index contributed by atoms with van der Waals surface area (Å²) in [6.07, 6.45) is 0. The highest BCUT2D eigenvalue weighted by Gasteiger charge is 2.10. The van der Waals surface area contributed by atoms with Gasteiger partial charge in [-0.1, -0.05) is 24.3 Å². The van der Waals surface area contributed by atoms with Crippen molar-refractivity contribution < 1.29 is 9.59 Å². The number of rotatable bonds is 5. The van der Waals surface area contributed by atoms with Gasteiger partial charge in [-0.15, -0.1) is 11.3 Å². The average Bonchev–Trinajstić information content (AvgIpc) is 3.21. The van der Waals surface area contributed by atoms with Crippen LogP contribution in [-0.2, 0) is 0 Å². The van der Waals surface area contributed by atoms with E-state index in [4.69, 9.17) is 0 Å². The number of hydrogen-bond donors (Lipinski definition) is 2. The molecule has 1 aromatic heterocycles. The third-order valence-electron chi connectivity index (χ3n) is 4.00. The average molecular weight is 377 g/mol. The molecule has 27 heavy (non-hydrogen) atoms. The molecule has 5 nitrogen and oxygen atoms in total. The lowest BCUT2D eigenvalue weighted by atomic mass is 10.1. The molecule has 0 aliphatic carbocycles. The van der Waals surface area contributed by atoms with E-state index in [-0.39, 0.29) is 11.8 Å². The topological polar surface area (TPSA) is 70.6 Å². The quantitative estimate of drug-likeness (QED) is 0.509. The number of aryl methyl sites for hydroxylation is 1. The van der Waals surface area contributed by atoms with Crippen molar-refractivity contribution in [2.75, 3.05) is 5.32 Å². The molecule has 0 bridgehead atoms. The predicted octanol–water partition coefficient (Wildman–Crippen LogP) is 4.46. The molecule has 0 radical (unpaired) electrons. The maximum atomic E-state index is 12.3. The van der Waals surface area contributed by atoms with Crippen LogP contribution in [0.3, 0.4) is 0 Å². The number of thiophene rings is 1. The number of carbonyl (C=O) groups is 2. The minimum absolute atomic E-state index is 0.179. The minimum atomic E-state index is -0.303. The fourth-order valence-corrected chi connectivity index (χ4v) is 3.15. The highest BCUT2D eigenvalue weighted by Crippen LogP contribution is 2.14. The Hall–Kier alpha value is -3.25. The summed E-state index contributed by atoms with van der Waals surface area (Å²) in [6.45, 7) is 3.73. The maximum absolute atomic E-state index is 12.3. The summed E-state index contributed by atoms with van der Waals surface area (Å²) < 4.78 is 0. The lowest BCUT2D eigenvalue weighted by Crippen LogP contribution is -2.19. The Bertz CT molecular complexity index is 977. The zero-order valence-corrected chi connectivity index (χ0v) is 15.8. The molecule has 0 atom stereocenters. The highest BCUT2D eigenvalue weighted by molar-refractivity contribution is 7.12. The first-order chi connectivity index (χ1) is 13.0. The van der Waals surface area contributed by atoms with Crippen LogP contribution in [0.2, 0.25) is 0 Å². The summed E-state index contributed by atoms with van der Waals surface area (Å²) in [4.78, 5) is 25.6. The largest absolute Gasteiger partial charge is 0.322 e. The number of hydrazone groups is 1. The highest BCUT2D eigenvalue weighted by atomic mass is 32.1. The Morgan fingerprint density at radius 2 is 1.67 bits per heavy atom. The summed E-state index contributed by atoms with van der Waals surface area (Å²) in [5, 5.41) is 8.92. The van der Waals surface area contributed by atoms with Gasteiger partial charge in [0.2, 0.25) is 0 Å². The summed E-state index contributed by atoms with van der Waals surface area (Å²) in [7, 11) is 0. The Kier molecular flexibility index (Phi) is 5.78. The molecule has 136 valence electrons. The first-order valence-corrected chi connectivity index (χ1v) is 9.28. The molecule has 2 amide bonds. The van der Waals surface area contributed by atoms with Crippen LogP contribution in [0.1, 0.15) is 38.1 Å². The van der Waals surface area contributed by atoms with Gasteiger partial charge < -0.3 is 5.32 Å². The molecule has 0 fully saturated rings. The third kappa shape index (κ3) is 4.68. The van der Waals surface area contributed by atoms with Crippen molar-refractivity contribution in [2.45, 2.75) is 13.8 Å². The van der Waals surface area contributed by atoms with Crippen molar-refractivity contribution in [3.05, 3.63) is 87.6 Å². The van der Waals surface area contributed by atoms with Crippen LogP contribution >= 0.6 is 11.3 Å². The standard InChI is InChI=1S/C21H19N3O2S/c1-14-6-3-4-7-18(14)21(26)22-17-11-9-16(10-12-17)20(25)24-23-15(2)19-8-5-13-27-19/h3-13H,1-2H3,(H,22,26)(H,24,25). The number of anilines is 1. The van der Waals surface area contributed by atoms with Gasteiger partial charge in [0.15, 0.2) is 0 Å². The normalized spacial score (nSPS) is 11.1. The van der Waals surface area contributed by atoms with Crippen LogP contribution in [0.5, 0.6) is 0 Å². The molecule has 2 N–H and O–H groups in total. The van der Waals surface area contributed by atoms with E-state index in [2.05, 4.69) is 15.8 Å². The second kappa shape index (κ2) is 8.42. The molecule has 0 spiro atoms. The fourth-order valence-electron chi connectivity index (χ4n) is 2.47. The van der Waals surface area contributed by atoms with Gasteiger partial charge in [0.05, 0.1) is 5.71 Å². The predicted molar refractivity (Wildman–Crippen MR) is 110 cm³/mol. The van der Waals surface area contributed by atoms with Crippen LogP contribution in [0.4, 0.5) is 5.69 Å². The fraction of sp³-hybridized carbons (Fsp3) is 0.0952. The summed E-state index contributed by atoms with van der Waals surface area (Å²) in [5.74, 6) is -0.482. The van der Waals surface area contributed by atoms with E-state index in [0.717, 1.165) is 16.2 Å². The Labute approximate surface area is 161 Å². The molecule has 6 heteroatoms. The van der Waals surface area contributed by atoms with E-state index in [1.807, 2.05) is 49.6 Å². The molecule has 3 rings (SSSR count). The van der Waals surface area contributed by atoms with Gasteiger partial charge in [-0.05, 0) is 61.2 Å². The maximum Gasteiger partial charge on any atom is 0.271 e. The molecule has 0 saturated heterocycles. The van der Waals surface area contributed by atoms with Gasteiger partial charge in [-0.2, -0.15) is 5.10 Å². The van der Waals surface area contributed by atoms with Gasteiger partial charge in [0, 0.05) is 21.7 Å². The van der Waals surface area contributed by atoms with E-state index in [0.29, 0.717) is 16.8 Å². The van der Waals surface area contributed by atoms with Gasteiger partial charge >= 0.3 is 0 Å². The zero-order chi connectivity index (χ0) is 19.2. The first-order valence-electron chi connectivity index (χ1n) is 8.40. The van der Waals surface area contributed by atoms with Crippen LogP contribution < -0.4 is 10.7 Å². The van der Waals surface area contributed by atoms with E-state index in [9.17, 15) is 9.59 Å². The molecule has 1 heterocycles. The lowest BCUT2D eigenvalue weighted by molar-refractivity contribution is 0.0954. The van der Waals surface area contributed by atoms with Gasteiger partial charge in [-0.3, -0.25) is 9.59 Å². The molecule has 0 aliphatic rings. The SMILES string of the molecule is CC(=NNC(=O)c1ccc(NC(=O)c2ccccc2C)cc1)c1cccs1.